The van der Waals surface area contributed by atoms with Crippen LogP contribution in [0.2, 0.25) is 0 Å². The van der Waals surface area contributed by atoms with Gasteiger partial charge in [0.1, 0.15) is 5.78 Å². The van der Waals surface area contributed by atoms with Gasteiger partial charge in [-0.1, -0.05) is 12.1 Å². The van der Waals surface area contributed by atoms with Crippen LogP contribution in [-0.2, 0) is 4.79 Å². The average molecular weight is 257 g/mol. The highest BCUT2D eigenvalue weighted by molar-refractivity contribution is 6.08. The number of H-pyrrole nitrogens is 1. The van der Waals surface area contributed by atoms with Crippen LogP contribution < -0.4 is 0 Å². The van der Waals surface area contributed by atoms with E-state index >= 15 is 0 Å². The molecule has 1 N–H and O–H groups in total. The van der Waals surface area contributed by atoms with Gasteiger partial charge < -0.3 is 9.78 Å². The SMILES string of the molecule is CC(=O)CCCCC(=O)c1c[nH]c2cccc(C)c12. The molecule has 3 heteroatoms. The van der Waals surface area contributed by atoms with Gasteiger partial charge in [0.25, 0.3) is 0 Å². The van der Waals surface area contributed by atoms with Gasteiger partial charge in [0.15, 0.2) is 5.78 Å². The lowest BCUT2D eigenvalue weighted by Crippen LogP contribution is -1.99. The first-order valence-electron chi connectivity index (χ1n) is 6.69. The molecule has 0 unspecified atom stereocenters. The molecule has 1 heterocycles. The smallest absolute Gasteiger partial charge is 0.165 e. The van der Waals surface area contributed by atoms with E-state index in [2.05, 4.69) is 4.98 Å². The number of carbonyl (C=O) groups excluding carboxylic acids is 2. The predicted molar refractivity (Wildman–Crippen MR) is 76.5 cm³/mol. The Labute approximate surface area is 113 Å². The average Bonchev–Trinajstić information content (AvgIpc) is 2.79. The molecule has 100 valence electrons. The highest BCUT2D eigenvalue weighted by Gasteiger charge is 2.13. The summed E-state index contributed by atoms with van der Waals surface area (Å²) in [4.78, 5) is 26.2. The maximum absolute atomic E-state index is 12.2. The molecule has 0 atom stereocenters. The molecule has 2 aromatic rings. The van der Waals surface area contributed by atoms with Gasteiger partial charge >= 0.3 is 0 Å². The largest absolute Gasteiger partial charge is 0.360 e. The van der Waals surface area contributed by atoms with E-state index in [4.69, 9.17) is 0 Å². The molecular weight excluding hydrogens is 238 g/mol. The van der Waals surface area contributed by atoms with Crippen molar-refractivity contribution in [2.75, 3.05) is 0 Å². The summed E-state index contributed by atoms with van der Waals surface area (Å²) in [6.07, 6.45) is 4.44. The first-order chi connectivity index (χ1) is 9.09. The van der Waals surface area contributed by atoms with Crippen molar-refractivity contribution in [2.24, 2.45) is 0 Å². The highest BCUT2D eigenvalue weighted by atomic mass is 16.1. The molecule has 0 radical (unpaired) electrons. The van der Waals surface area contributed by atoms with E-state index in [0.717, 1.165) is 34.9 Å². The Morgan fingerprint density at radius 2 is 1.89 bits per heavy atom. The van der Waals surface area contributed by atoms with Crippen LogP contribution in [0.15, 0.2) is 24.4 Å². The summed E-state index contributed by atoms with van der Waals surface area (Å²) in [7, 11) is 0. The van der Waals surface area contributed by atoms with E-state index in [9.17, 15) is 9.59 Å². The second-order valence-corrected chi connectivity index (χ2v) is 5.03. The quantitative estimate of drug-likeness (QED) is 0.632. The van der Waals surface area contributed by atoms with Crippen molar-refractivity contribution in [3.8, 4) is 0 Å². The fourth-order valence-electron chi connectivity index (χ4n) is 2.38. The maximum Gasteiger partial charge on any atom is 0.165 e. The van der Waals surface area contributed by atoms with Crippen LogP contribution >= 0.6 is 0 Å². The lowest BCUT2D eigenvalue weighted by Gasteiger charge is -2.01. The van der Waals surface area contributed by atoms with Crippen molar-refractivity contribution in [3.63, 3.8) is 0 Å². The summed E-state index contributed by atoms with van der Waals surface area (Å²) in [5.41, 5.74) is 2.90. The van der Waals surface area contributed by atoms with E-state index < -0.39 is 0 Å². The molecule has 0 aliphatic heterocycles. The molecule has 0 spiro atoms. The summed E-state index contributed by atoms with van der Waals surface area (Å²) < 4.78 is 0. The Balaban J connectivity index is 2.07. The number of fused-ring (bicyclic) bond motifs is 1. The summed E-state index contributed by atoms with van der Waals surface area (Å²) in [5, 5.41) is 1.03. The molecule has 0 saturated carbocycles. The van der Waals surface area contributed by atoms with Gasteiger partial charge in [-0.2, -0.15) is 0 Å². The van der Waals surface area contributed by atoms with Gasteiger partial charge in [0.2, 0.25) is 0 Å². The zero-order valence-corrected chi connectivity index (χ0v) is 11.5. The zero-order chi connectivity index (χ0) is 13.8. The number of aromatic amines is 1. The molecule has 19 heavy (non-hydrogen) atoms. The summed E-state index contributed by atoms with van der Waals surface area (Å²) >= 11 is 0. The first kappa shape index (κ1) is 13.5. The summed E-state index contributed by atoms with van der Waals surface area (Å²) in [6.45, 7) is 3.60. The number of aromatic nitrogens is 1. The van der Waals surface area contributed by atoms with Crippen molar-refractivity contribution in [1.82, 2.24) is 4.98 Å². The number of unbranched alkanes of at least 4 members (excludes halogenated alkanes) is 1. The minimum absolute atomic E-state index is 0.157. The van der Waals surface area contributed by atoms with E-state index in [-0.39, 0.29) is 11.6 Å². The number of nitrogens with one attached hydrogen (secondary N) is 1. The van der Waals surface area contributed by atoms with Crippen molar-refractivity contribution in [1.29, 1.82) is 0 Å². The van der Waals surface area contributed by atoms with Gasteiger partial charge in [0.05, 0.1) is 0 Å². The summed E-state index contributed by atoms with van der Waals surface area (Å²) in [6, 6.07) is 5.98. The van der Waals surface area contributed by atoms with Crippen LogP contribution in [0.3, 0.4) is 0 Å². The molecule has 1 aromatic carbocycles. The van der Waals surface area contributed by atoms with E-state index in [1.807, 2.05) is 25.1 Å². The minimum atomic E-state index is 0.157. The topological polar surface area (TPSA) is 49.9 Å². The van der Waals surface area contributed by atoms with Crippen LogP contribution in [0.1, 0.15) is 48.5 Å². The Bertz CT molecular complexity index is 610. The molecule has 0 amide bonds. The number of Topliss-reactive ketones (excluding diaryl/α,β-unsaturated/α-hetero) is 2. The molecule has 3 nitrogen and oxygen atoms in total. The number of hydrogen-bond acceptors (Lipinski definition) is 2. The third-order valence-corrected chi connectivity index (χ3v) is 3.40. The number of rotatable bonds is 6. The zero-order valence-electron chi connectivity index (χ0n) is 11.5. The van der Waals surface area contributed by atoms with Gasteiger partial charge in [-0.3, -0.25) is 4.79 Å². The molecule has 2 rings (SSSR count). The Morgan fingerprint density at radius 3 is 2.63 bits per heavy atom. The first-order valence-corrected chi connectivity index (χ1v) is 6.69. The van der Waals surface area contributed by atoms with Crippen molar-refractivity contribution < 1.29 is 9.59 Å². The molecule has 0 bridgehead atoms. The normalized spacial score (nSPS) is 10.8. The standard InChI is InChI=1S/C16H19NO2/c1-11-6-5-8-14-16(11)13(10-17-14)15(19)9-4-3-7-12(2)18/h5-6,8,10,17H,3-4,7,9H2,1-2H3. The number of benzene rings is 1. The summed E-state index contributed by atoms with van der Waals surface area (Å²) in [5.74, 6) is 0.347. The number of hydrogen-bond donors (Lipinski definition) is 1. The third-order valence-electron chi connectivity index (χ3n) is 3.40. The van der Waals surface area contributed by atoms with E-state index in [0.29, 0.717) is 12.8 Å². The van der Waals surface area contributed by atoms with Crippen molar-refractivity contribution >= 4 is 22.5 Å². The van der Waals surface area contributed by atoms with Gasteiger partial charge in [-0.25, -0.2) is 0 Å². The van der Waals surface area contributed by atoms with Gasteiger partial charge in [-0.05, 0) is 38.3 Å². The fraction of sp³-hybridized carbons (Fsp3) is 0.375. The second-order valence-electron chi connectivity index (χ2n) is 5.03. The maximum atomic E-state index is 12.2. The van der Waals surface area contributed by atoms with Gasteiger partial charge in [0, 0.05) is 35.5 Å². The Hall–Kier alpha value is -1.90. The van der Waals surface area contributed by atoms with Crippen LogP contribution in [0.4, 0.5) is 0 Å². The molecular formula is C16H19NO2. The Kier molecular flexibility index (Phi) is 4.15. The molecule has 0 saturated heterocycles. The van der Waals surface area contributed by atoms with Crippen molar-refractivity contribution in [3.05, 3.63) is 35.5 Å². The van der Waals surface area contributed by atoms with Crippen LogP contribution in [0.5, 0.6) is 0 Å². The molecule has 1 aromatic heterocycles. The van der Waals surface area contributed by atoms with Gasteiger partial charge in [-0.15, -0.1) is 0 Å². The van der Waals surface area contributed by atoms with Crippen LogP contribution in [0, 0.1) is 6.92 Å². The molecule has 0 fully saturated rings. The second kappa shape index (κ2) is 5.83. The lowest BCUT2D eigenvalue weighted by molar-refractivity contribution is -0.117. The minimum Gasteiger partial charge on any atom is -0.360 e. The number of aryl methyl sites for hydroxylation is 1. The fourth-order valence-corrected chi connectivity index (χ4v) is 2.38. The monoisotopic (exact) mass is 257 g/mol. The van der Waals surface area contributed by atoms with Crippen LogP contribution in [0.25, 0.3) is 10.9 Å². The van der Waals surface area contributed by atoms with Crippen LogP contribution in [-0.4, -0.2) is 16.6 Å². The van der Waals surface area contributed by atoms with Crippen molar-refractivity contribution in [2.45, 2.75) is 39.5 Å². The molecule has 0 aliphatic rings. The number of carbonyl (C=O) groups is 2. The predicted octanol–water partition coefficient (Wildman–Crippen LogP) is 3.81. The lowest BCUT2D eigenvalue weighted by atomic mass is 10.0. The Morgan fingerprint density at radius 1 is 1.16 bits per heavy atom. The van der Waals surface area contributed by atoms with E-state index in [1.165, 1.54) is 0 Å². The molecule has 0 aliphatic carbocycles. The highest BCUT2D eigenvalue weighted by Crippen LogP contribution is 2.23. The third kappa shape index (κ3) is 3.11. The number of ketones is 2. The van der Waals surface area contributed by atoms with E-state index in [1.54, 1.807) is 13.1 Å².